The SMILES string of the molecule is COCP(=O)(N[C@H]1C[C@@H](N2Cc3nc(-c4nnnn4C)n(C)c3C2)CO[C@@H]1c1cc(F)ccc1F)NC(C)(C(=O)O)C(C)C. The van der Waals surface area contributed by atoms with Crippen molar-refractivity contribution < 1.29 is 32.7 Å². The molecule has 2 aromatic heterocycles. The van der Waals surface area contributed by atoms with Crippen LogP contribution in [0.2, 0.25) is 0 Å². The van der Waals surface area contributed by atoms with Crippen molar-refractivity contribution in [3.63, 3.8) is 0 Å². The Labute approximate surface area is 253 Å². The molecule has 2 unspecified atom stereocenters. The molecule has 1 saturated heterocycles. The first-order chi connectivity index (χ1) is 20.8. The van der Waals surface area contributed by atoms with E-state index < -0.39 is 48.6 Å². The van der Waals surface area contributed by atoms with Crippen molar-refractivity contribution in [2.24, 2.45) is 20.0 Å². The summed E-state index contributed by atoms with van der Waals surface area (Å²) in [5, 5.41) is 27.6. The number of halogens is 2. The van der Waals surface area contributed by atoms with E-state index in [1.165, 1.54) is 14.0 Å². The topological polar surface area (TPSA) is 162 Å². The van der Waals surface area contributed by atoms with Crippen LogP contribution in [0.3, 0.4) is 0 Å². The fraction of sp³-hybridized carbons (Fsp3) is 0.593. The first-order valence-corrected chi connectivity index (χ1v) is 16.1. The smallest absolute Gasteiger partial charge is 0.324 e. The van der Waals surface area contributed by atoms with Gasteiger partial charge in [-0.2, -0.15) is 0 Å². The third-order valence-electron chi connectivity index (χ3n) is 8.66. The molecular weight excluding hydrogens is 599 g/mol. The predicted molar refractivity (Wildman–Crippen MR) is 154 cm³/mol. The average molecular weight is 638 g/mol. The molecule has 3 aromatic rings. The molecule has 0 radical (unpaired) electrons. The van der Waals surface area contributed by atoms with Gasteiger partial charge in [0.1, 0.15) is 29.6 Å². The highest BCUT2D eigenvalue weighted by molar-refractivity contribution is 7.59. The van der Waals surface area contributed by atoms with Crippen LogP contribution in [0.5, 0.6) is 0 Å². The van der Waals surface area contributed by atoms with E-state index in [0.717, 1.165) is 29.6 Å². The number of carboxylic acid groups (broad SMARTS) is 1. The number of benzene rings is 1. The molecule has 1 fully saturated rings. The Kier molecular flexibility index (Phi) is 9.04. The zero-order valence-electron chi connectivity index (χ0n) is 25.5. The molecule has 240 valence electrons. The summed E-state index contributed by atoms with van der Waals surface area (Å²) in [5.41, 5.74) is 0.234. The van der Waals surface area contributed by atoms with Crippen molar-refractivity contribution in [2.75, 3.05) is 20.1 Å². The molecule has 0 saturated carbocycles. The minimum Gasteiger partial charge on any atom is -0.480 e. The first kappa shape index (κ1) is 32.3. The number of hydrogen-bond donors (Lipinski definition) is 3. The molecule has 5 rings (SSSR count). The van der Waals surface area contributed by atoms with Crippen LogP contribution in [0.1, 0.15) is 50.2 Å². The number of carboxylic acids is 1. The molecule has 0 aliphatic carbocycles. The lowest BCUT2D eigenvalue weighted by Gasteiger charge is -2.43. The van der Waals surface area contributed by atoms with Crippen LogP contribution in [0, 0.1) is 17.6 Å². The molecule has 0 spiro atoms. The maximum absolute atomic E-state index is 15.1. The van der Waals surface area contributed by atoms with Gasteiger partial charge in [0, 0.05) is 51.9 Å². The Morgan fingerprint density at radius 1 is 1.27 bits per heavy atom. The summed E-state index contributed by atoms with van der Waals surface area (Å²) in [4.78, 5) is 19.2. The number of nitrogens with zero attached hydrogens (tertiary/aromatic N) is 7. The number of rotatable bonds is 11. The van der Waals surface area contributed by atoms with Gasteiger partial charge < -0.3 is 19.1 Å². The Morgan fingerprint density at radius 3 is 2.64 bits per heavy atom. The van der Waals surface area contributed by atoms with Crippen LogP contribution < -0.4 is 10.2 Å². The molecule has 4 heterocycles. The summed E-state index contributed by atoms with van der Waals surface area (Å²) in [6.45, 7) is 6.07. The highest BCUT2D eigenvalue weighted by Gasteiger charge is 2.46. The molecular formula is C27H38F2N9O5P. The van der Waals surface area contributed by atoms with E-state index in [9.17, 15) is 18.9 Å². The van der Waals surface area contributed by atoms with E-state index in [0.29, 0.717) is 31.2 Å². The Hall–Kier alpha value is -3.14. The van der Waals surface area contributed by atoms with Crippen molar-refractivity contribution in [2.45, 2.75) is 64.0 Å². The molecule has 17 heteroatoms. The van der Waals surface area contributed by atoms with Gasteiger partial charge in [0.05, 0.1) is 18.0 Å². The van der Waals surface area contributed by atoms with Crippen molar-refractivity contribution in [3.8, 4) is 11.6 Å². The minimum absolute atomic E-state index is 0.0249. The van der Waals surface area contributed by atoms with Crippen molar-refractivity contribution in [3.05, 3.63) is 46.8 Å². The molecule has 3 N–H and O–H groups in total. The maximum Gasteiger partial charge on any atom is 0.324 e. The van der Waals surface area contributed by atoms with E-state index in [1.54, 1.807) is 25.6 Å². The van der Waals surface area contributed by atoms with Gasteiger partial charge in [-0.15, -0.1) is 5.10 Å². The lowest BCUT2D eigenvalue weighted by Crippen LogP contribution is -2.56. The van der Waals surface area contributed by atoms with Gasteiger partial charge in [-0.25, -0.2) is 28.6 Å². The number of aromatic nitrogens is 6. The summed E-state index contributed by atoms with van der Waals surface area (Å²) in [6.07, 6.45) is -1.03. The molecule has 14 nitrogen and oxygen atoms in total. The van der Waals surface area contributed by atoms with Crippen molar-refractivity contribution in [1.29, 1.82) is 0 Å². The van der Waals surface area contributed by atoms with E-state index in [-0.39, 0.29) is 24.6 Å². The number of imidazole rings is 1. The van der Waals surface area contributed by atoms with Gasteiger partial charge in [-0.1, -0.05) is 13.8 Å². The second-order valence-electron chi connectivity index (χ2n) is 11.9. The maximum atomic E-state index is 15.1. The number of aliphatic carboxylic acids is 1. The van der Waals surface area contributed by atoms with Crippen LogP contribution in [-0.4, -0.2) is 83.4 Å². The Bertz CT molecular complexity index is 1580. The second-order valence-corrected chi connectivity index (χ2v) is 14.1. The molecule has 2 aliphatic heterocycles. The normalized spacial score (nSPS) is 23.4. The highest BCUT2D eigenvalue weighted by Crippen LogP contribution is 2.45. The number of nitrogens with one attached hydrogen (secondary N) is 2. The van der Waals surface area contributed by atoms with Crippen molar-refractivity contribution in [1.82, 2.24) is 44.8 Å². The Morgan fingerprint density at radius 2 is 2.02 bits per heavy atom. The highest BCUT2D eigenvalue weighted by atomic mass is 31.2. The number of ether oxygens (including phenoxy) is 2. The van der Waals surface area contributed by atoms with E-state index in [1.807, 2.05) is 11.6 Å². The van der Waals surface area contributed by atoms with Gasteiger partial charge in [0.25, 0.3) is 0 Å². The van der Waals surface area contributed by atoms with Crippen LogP contribution in [0.15, 0.2) is 18.2 Å². The number of methoxy groups -OCH3 is 1. The standard InChI is InChI=1S/C27H38F2N9O5P/c1-15(2)27(3,26(39)40)33-44(41,14-42-6)32-20-10-17(13-43-23(20)18-9-16(28)7-8-19(18)29)38-11-21-22(12-38)36(4)24(30-21)25-31-34-35-37(25)5/h7-9,15,17,20,23H,10-14H2,1-6H3,(H,39,40)(H2,32,33,41)/t17-,20+,23-,27?,44?/m1/s1. The number of aryl methyl sites for hydroxylation is 1. The zero-order chi connectivity index (χ0) is 32.0. The molecule has 0 bridgehead atoms. The fourth-order valence-electron chi connectivity index (χ4n) is 5.81. The zero-order valence-corrected chi connectivity index (χ0v) is 26.4. The third-order valence-corrected chi connectivity index (χ3v) is 10.9. The van der Waals surface area contributed by atoms with Crippen LogP contribution in [-0.2, 0) is 46.0 Å². The number of fused-ring (bicyclic) bond motifs is 1. The molecule has 44 heavy (non-hydrogen) atoms. The quantitative estimate of drug-likeness (QED) is 0.264. The van der Waals surface area contributed by atoms with Gasteiger partial charge in [0.15, 0.2) is 5.82 Å². The van der Waals surface area contributed by atoms with E-state index in [4.69, 9.17) is 14.5 Å². The summed E-state index contributed by atoms with van der Waals surface area (Å²) in [7, 11) is 1.18. The number of hydrogen-bond acceptors (Lipinski definition) is 9. The monoisotopic (exact) mass is 637 g/mol. The van der Waals surface area contributed by atoms with Gasteiger partial charge in [-0.3, -0.25) is 14.3 Å². The van der Waals surface area contributed by atoms with Crippen LogP contribution in [0.4, 0.5) is 8.78 Å². The lowest BCUT2D eigenvalue weighted by molar-refractivity contribution is -0.145. The van der Waals surface area contributed by atoms with E-state index in [2.05, 4.69) is 30.6 Å². The van der Waals surface area contributed by atoms with Gasteiger partial charge in [-0.05, 0) is 47.9 Å². The molecule has 2 aliphatic rings. The van der Waals surface area contributed by atoms with Crippen LogP contribution in [0.25, 0.3) is 11.6 Å². The summed E-state index contributed by atoms with van der Waals surface area (Å²) in [6, 6.07) is 2.09. The van der Waals surface area contributed by atoms with Crippen molar-refractivity contribution >= 4 is 13.4 Å². The molecule has 0 amide bonds. The average Bonchev–Trinajstić information content (AvgIpc) is 3.65. The lowest BCUT2D eigenvalue weighted by atomic mass is 9.90. The largest absolute Gasteiger partial charge is 0.480 e. The summed E-state index contributed by atoms with van der Waals surface area (Å²) >= 11 is 0. The minimum atomic E-state index is -3.81. The first-order valence-electron chi connectivity index (χ1n) is 14.2. The summed E-state index contributed by atoms with van der Waals surface area (Å²) < 4.78 is 58.7. The summed E-state index contributed by atoms with van der Waals surface area (Å²) in [5.74, 6) is -1.77. The number of carbonyl (C=O) groups is 1. The third kappa shape index (κ3) is 6.06. The fourth-order valence-corrected chi connectivity index (χ4v) is 8.26. The Balaban J connectivity index is 1.43. The molecule has 1 aromatic carbocycles. The predicted octanol–water partition coefficient (Wildman–Crippen LogP) is 2.58. The van der Waals surface area contributed by atoms with E-state index >= 15 is 4.39 Å². The number of tetrazole rings is 1. The van der Waals surface area contributed by atoms with Gasteiger partial charge >= 0.3 is 5.97 Å². The second kappa shape index (κ2) is 12.3. The molecule has 5 atom stereocenters. The van der Waals surface area contributed by atoms with Gasteiger partial charge in [0.2, 0.25) is 13.3 Å². The van der Waals surface area contributed by atoms with Crippen LogP contribution >= 0.6 is 7.44 Å².